The Morgan fingerprint density at radius 2 is 1.96 bits per heavy atom. The van der Waals surface area contributed by atoms with Crippen LogP contribution >= 0.6 is 23.5 Å². The summed E-state index contributed by atoms with van der Waals surface area (Å²) < 4.78 is 39.6. The molecule has 0 radical (unpaired) electrons. The van der Waals surface area contributed by atoms with Gasteiger partial charge in [0.25, 0.3) is 0 Å². The molecule has 2 aromatic carbocycles. The van der Waals surface area contributed by atoms with Crippen LogP contribution in [0.5, 0.6) is 0 Å². The number of thioether (sulfide) groups is 2. The number of alkyl halides is 3. The quantitative estimate of drug-likeness (QED) is 0.0617. The van der Waals surface area contributed by atoms with Gasteiger partial charge < -0.3 is 30.9 Å². The Bertz CT molecular complexity index is 1630. The standard InChI is InChI=1S/C36H41F3N4O4S2/c37-36(38,39)28-6-2-4-25(19-28)22-41-34(46)27-11-13-40-32(20-27)30-21-29(43-14-17-48-18-15-43)9-10-31(30)42-35(47)26-5-1-3-24(7-8-26)23-49-16-12-33(44)45/h1-7,9-11,19,21,32,34-35,40-42,46-47H,12-18,20,22-23H2,(H,44,45). The molecular formula is C36H41F3N4O4S2. The van der Waals surface area contributed by atoms with E-state index >= 15 is 0 Å². The molecule has 6 N–H and O–H groups in total. The molecule has 3 unspecified atom stereocenters. The lowest BCUT2D eigenvalue weighted by Crippen LogP contribution is -2.36. The highest BCUT2D eigenvalue weighted by Gasteiger charge is 2.30. The highest BCUT2D eigenvalue weighted by atomic mass is 32.2. The van der Waals surface area contributed by atoms with Crippen LogP contribution in [0.4, 0.5) is 24.5 Å². The van der Waals surface area contributed by atoms with Gasteiger partial charge in [0.15, 0.2) is 6.23 Å². The number of nitrogens with one attached hydrogen (secondary N) is 3. The van der Waals surface area contributed by atoms with E-state index in [1.165, 1.54) is 17.8 Å². The number of carboxylic acid groups (broad SMARTS) is 1. The zero-order valence-electron chi connectivity index (χ0n) is 26.9. The molecule has 2 aromatic rings. The number of benzene rings is 2. The first kappa shape index (κ1) is 36.9. The number of allylic oxidation sites excluding steroid dienone is 2. The molecule has 1 fully saturated rings. The summed E-state index contributed by atoms with van der Waals surface area (Å²) in [4.78, 5) is 13.1. The summed E-state index contributed by atoms with van der Waals surface area (Å²) in [5.74, 6) is 2.38. The van der Waals surface area contributed by atoms with E-state index < -0.39 is 30.2 Å². The van der Waals surface area contributed by atoms with Crippen LogP contribution in [0, 0.1) is 0 Å². The summed E-state index contributed by atoms with van der Waals surface area (Å²) in [6.45, 7) is 2.39. The average molecular weight is 715 g/mol. The van der Waals surface area contributed by atoms with Gasteiger partial charge in [0, 0.05) is 72.2 Å². The Morgan fingerprint density at radius 3 is 2.73 bits per heavy atom. The summed E-state index contributed by atoms with van der Waals surface area (Å²) in [6.07, 6.45) is 3.22. The van der Waals surface area contributed by atoms with Gasteiger partial charge in [-0.2, -0.15) is 36.7 Å². The SMILES string of the molecule is O=C(O)CCSCC1=CC=CC(C(O)Nc2ccc(N3CCSCC3)cc2C2CC(C(O)NCc3cccc(C(F)(F)F)c3)=CCN2)=C=C1. The van der Waals surface area contributed by atoms with E-state index in [0.717, 1.165) is 64.8 Å². The summed E-state index contributed by atoms with van der Waals surface area (Å²) >= 11 is 3.45. The fraction of sp³-hybridized carbons (Fsp3) is 0.389. The fourth-order valence-corrected chi connectivity index (χ4v) is 7.52. The van der Waals surface area contributed by atoms with Gasteiger partial charge in [-0.1, -0.05) is 36.4 Å². The molecule has 5 rings (SSSR count). The second-order valence-corrected chi connectivity index (χ2v) is 14.2. The minimum Gasteiger partial charge on any atom is -0.481 e. The van der Waals surface area contributed by atoms with Crippen LogP contribution in [-0.2, 0) is 17.5 Å². The molecule has 13 heteroatoms. The molecule has 1 aliphatic carbocycles. The van der Waals surface area contributed by atoms with Crippen molar-refractivity contribution in [1.29, 1.82) is 0 Å². The van der Waals surface area contributed by atoms with Crippen molar-refractivity contribution in [3.05, 3.63) is 112 Å². The van der Waals surface area contributed by atoms with Crippen molar-refractivity contribution in [1.82, 2.24) is 10.6 Å². The van der Waals surface area contributed by atoms with Crippen LogP contribution < -0.4 is 20.9 Å². The van der Waals surface area contributed by atoms with Crippen LogP contribution in [0.1, 0.15) is 35.6 Å². The maximum atomic E-state index is 13.2. The van der Waals surface area contributed by atoms with E-state index in [1.54, 1.807) is 18.2 Å². The number of aliphatic carboxylic acids is 1. The Hall–Kier alpha value is -3.42. The number of aliphatic hydroxyl groups excluding tert-OH is 2. The van der Waals surface area contributed by atoms with Crippen molar-refractivity contribution in [2.45, 2.75) is 44.1 Å². The lowest BCUT2D eigenvalue weighted by Gasteiger charge is -2.33. The molecule has 0 amide bonds. The molecule has 2 aliphatic heterocycles. The molecule has 0 spiro atoms. The minimum atomic E-state index is -4.44. The highest BCUT2D eigenvalue weighted by Crippen LogP contribution is 2.35. The van der Waals surface area contributed by atoms with Crippen molar-refractivity contribution in [3.8, 4) is 0 Å². The summed E-state index contributed by atoms with van der Waals surface area (Å²) in [7, 11) is 0. The molecule has 49 heavy (non-hydrogen) atoms. The van der Waals surface area contributed by atoms with Crippen LogP contribution in [-0.4, -0.2) is 76.4 Å². The molecule has 0 aromatic heterocycles. The van der Waals surface area contributed by atoms with Crippen LogP contribution in [0.3, 0.4) is 0 Å². The Balaban J connectivity index is 1.30. The van der Waals surface area contributed by atoms with Crippen molar-refractivity contribution < 1.29 is 33.3 Å². The van der Waals surface area contributed by atoms with E-state index in [4.69, 9.17) is 5.11 Å². The third kappa shape index (κ3) is 10.8. The summed E-state index contributed by atoms with van der Waals surface area (Å²) in [5.41, 5.74) is 7.80. The van der Waals surface area contributed by atoms with Gasteiger partial charge in [0.2, 0.25) is 0 Å². The Kier molecular flexibility index (Phi) is 13.2. The van der Waals surface area contributed by atoms with E-state index in [2.05, 4.69) is 32.6 Å². The monoisotopic (exact) mass is 714 g/mol. The summed E-state index contributed by atoms with van der Waals surface area (Å²) in [6, 6.07) is 11.0. The number of hydrogen-bond donors (Lipinski definition) is 6. The zero-order valence-corrected chi connectivity index (χ0v) is 28.5. The van der Waals surface area contributed by atoms with E-state index in [0.29, 0.717) is 35.6 Å². The number of halogens is 3. The number of carboxylic acids is 1. The topological polar surface area (TPSA) is 117 Å². The van der Waals surface area contributed by atoms with Gasteiger partial charge in [0.1, 0.15) is 6.23 Å². The maximum Gasteiger partial charge on any atom is 0.416 e. The van der Waals surface area contributed by atoms with Crippen molar-refractivity contribution in [3.63, 3.8) is 0 Å². The first-order valence-electron chi connectivity index (χ1n) is 16.1. The molecule has 3 atom stereocenters. The largest absolute Gasteiger partial charge is 0.481 e. The zero-order chi connectivity index (χ0) is 34.8. The Labute approximate surface area is 292 Å². The Morgan fingerprint density at radius 1 is 1.14 bits per heavy atom. The lowest BCUT2D eigenvalue weighted by atomic mass is 9.92. The smallest absolute Gasteiger partial charge is 0.416 e. The van der Waals surface area contributed by atoms with Gasteiger partial charge in [-0.05, 0) is 65.1 Å². The van der Waals surface area contributed by atoms with E-state index in [9.17, 15) is 28.2 Å². The van der Waals surface area contributed by atoms with Crippen molar-refractivity contribution in [2.24, 2.45) is 0 Å². The van der Waals surface area contributed by atoms with Gasteiger partial charge in [-0.3, -0.25) is 10.1 Å². The second-order valence-electron chi connectivity index (χ2n) is 11.9. The molecule has 0 saturated carbocycles. The number of anilines is 2. The van der Waals surface area contributed by atoms with Crippen LogP contribution in [0.2, 0.25) is 0 Å². The van der Waals surface area contributed by atoms with Gasteiger partial charge in [-0.25, -0.2) is 0 Å². The molecule has 262 valence electrons. The predicted molar refractivity (Wildman–Crippen MR) is 192 cm³/mol. The second kappa shape index (κ2) is 17.5. The number of aliphatic hydroxyl groups is 2. The van der Waals surface area contributed by atoms with E-state index in [-0.39, 0.29) is 19.0 Å². The first-order chi connectivity index (χ1) is 23.6. The van der Waals surface area contributed by atoms with Crippen LogP contribution in [0.25, 0.3) is 0 Å². The first-order valence-corrected chi connectivity index (χ1v) is 18.4. The van der Waals surface area contributed by atoms with Gasteiger partial charge in [-0.15, -0.1) is 5.73 Å². The third-order valence-corrected chi connectivity index (χ3v) is 10.4. The fourth-order valence-electron chi connectivity index (χ4n) is 5.74. The third-order valence-electron chi connectivity index (χ3n) is 8.39. The van der Waals surface area contributed by atoms with Crippen molar-refractivity contribution in [2.75, 3.05) is 52.9 Å². The number of nitrogens with zero attached hydrogens (tertiary/aromatic N) is 1. The normalized spacial score (nSPS) is 19.4. The molecular weight excluding hydrogens is 674 g/mol. The van der Waals surface area contributed by atoms with Crippen molar-refractivity contribution >= 4 is 40.9 Å². The molecule has 1 saturated heterocycles. The number of carbonyl (C=O) groups is 1. The predicted octanol–water partition coefficient (Wildman–Crippen LogP) is 5.84. The molecule has 0 bridgehead atoms. The molecule has 2 heterocycles. The van der Waals surface area contributed by atoms with E-state index in [1.807, 2.05) is 42.1 Å². The minimum absolute atomic E-state index is 0.0652. The maximum absolute atomic E-state index is 13.2. The molecule has 3 aliphatic rings. The number of hydrogen-bond acceptors (Lipinski definition) is 9. The average Bonchev–Trinajstić information content (AvgIpc) is 3.35. The lowest BCUT2D eigenvalue weighted by molar-refractivity contribution is -0.138. The number of rotatable bonds is 14. The van der Waals surface area contributed by atoms with Crippen LogP contribution in [0.15, 0.2) is 95.3 Å². The highest BCUT2D eigenvalue weighted by molar-refractivity contribution is 7.99. The summed E-state index contributed by atoms with van der Waals surface area (Å²) in [5, 5.41) is 41.0. The van der Waals surface area contributed by atoms with Gasteiger partial charge in [0.05, 0.1) is 12.0 Å². The van der Waals surface area contributed by atoms with Gasteiger partial charge >= 0.3 is 12.1 Å². The molecule has 8 nitrogen and oxygen atoms in total.